The first-order valence-electron chi connectivity index (χ1n) is 6.89. The van der Waals surface area contributed by atoms with E-state index in [4.69, 9.17) is 5.84 Å². The third kappa shape index (κ3) is 3.33. The molecule has 1 amide bonds. The Kier molecular flexibility index (Phi) is 4.56. The first-order chi connectivity index (χ1) is 9.11. The lowest BCUT2D eigenvalue weighted by atomic mass is 9.98. The van der Waals surface area contributed by atoms with Crippen LogP contribution in [0.4, 0.5) is 0 Å². The highest BCUT2D eigenvalue weighted by molar-refractivity contribution is 5.83. The van der Waals surface area contributed by atoms with Gasteiger partial charge in [-0.2, -0.15) is 0 Å². The van der Waals surface area contributed by atoms with Gasteiger partial charge in [0.1, 0.15) is 0 Å². The van der Waals surface area contributed by atoms with E-state index < -0.39 is 0 Å². The van der Waals surface area contributed by atoms with Crippen LogP contribution < -0.4 is 11.3 Å². The molecule has 4 nitrogen and oxygen atoms in total. The predicted octanol–water partition coefficient (Wildman–Crippen LogP) is 1.35. The van der Waals surface area contributed by atoms with Crippen molar-refractivity contribution in [2.45, 2.75) is 19.8 Å². The Balaban J connectivity index is 2.09. The summed E-state index contributed by atoms with van der Waals surface area (Å²) in [6.07, 6.45) is 0. The Morgan fingerprint density at radius 2 is 1.89 bits per heavy atom. The molecule has 1 heterocycles. The van der Waals surface area contributed by atoms with Gasteiger partial charge in [0.2, 0.25) is 5.91 Å². The zero-order valence-corrected chi connectivity index (χ0v) is 11.7. The van der Waals surface area contributed by atoms with Crippen molar-refractivity contribution in [3.63, 3.8) is 0 Å². The summed E-state index contributed by atoms with van der Waals surface area (Å²) in [6.45, 7) is 7.39. The van der Waals surface area contributed by atoms with E-state index in [1.807, 2.05) is 30.3 Å². The van der Waals surface area contributed by atoms with E-state index in [-0.39, 0.29) is 11.8 Å². The van der Waals surface area contributed by atoms with Crippen LogP contribution in [-0.2, 0) is 4.79 Å². The monoisotopic (exact) mass is 261 g/mol. The van der Waals surface area contributed by atoms with Gasteiger partial charge >= 0.3 is 0 Å². The fraction of sp³-hybridized carbons (Fsp3) is 0.533. The van der Waals surface area contributed by atoms with Gasteiger partial charge in [-0.1, -0.05) is 44.2 Å². The standard InChI is InChI=1S/C15H23N3O/c1-11-8-18(9-12(11)2)10-14(15(19)17-16)13-6-4-3-5-7-13/h3-7,11-12,14H,8-10,16H2,1-2H3,(H,17,19). The van der Waals surface area contributed by atoms with Gasteiger partial charge in [0.15, 0.2) is 0 Å². The molecule has 19 heavy (non-hydrogen) atoms. The topological polar surface area (TPSA) is 58.4 Å². The molecule has 3 N–H and O–H groups in total. The van der Waals surface area contributed by atoms with Gasteiger partial charge in [0, 0.05) is 19.6 Å². The number of hydrogen-bond donors (Lipinski definition) is 2. The first kappa shape index (κ1) is 14.0. The molecule has 0 aromatic heterocycles. The van der Waals surface area contributed by atoms with Crippen molar-refractivity contribution >= 4 is 5.91 Å². The number of nitrogens with one attached hydrogen (secondary N) is 1. The van der Waals surface area contributed by atoms with Crippen molar-refractivity contribution in [1.82, 2.24) is 10.3 Å². The van der Waals surface area contributed by atoms with Gasteiger partial charge in [-0.3, -0.25) is 10.2 Å². The number of nitrogens with zero attached hydrogens (tertiary/aromatic N) is 1. The van der Waals surface area contributed by atoms with Gasteiger partial charge in [0.05, 0.1) is 5.92 Å². The van der Waals surface area contributed by atoms with E-state index >= 15 is 0 Å². The second-order valence-electron chi connectivity index (χ2n) is 5.64. The van der Waals surface area contributed by atoms with Crippen molar-refractivity contribution in [1.29, 1.82) is 0 Å². The summed E-state index contributed by atoms with van der Waals surface area (Å²) in [5.74, 6) is 6.40. The Morgan fingerprint density at radius 3 is 2.42 bits per heavy atom. The normalized spacial score (nSPS) is 25.2. The molecule has 0 bridgehead atoms. The summed E-state index contributed by atoms with van der Waals surface area (Å²) in [5, 5.41) is 0. The Bertz CT molecular complexity index is 411. The molecule has 2 rings (SSSR count). The highest BCUT2D eigenvalue weighted by atomic mass is 16.2. The quantitative estimate of drug-likeness (QED) is 0.488. The van der Waals surface area contributed by atoms with Gasteiger partial charge < -0.3 is 4.90 Å². The van der Waals surface area contributed by atoms with Crippen LogP contribution in [0.5, 0.6) is 0 Å². The summed E-state index contributed by atoms with van der Waals surface area (Å²) in [7, 11) is 0. The van der Waals surface area contributed by atoms with Crippen LogP contribution in [0.15, 0.2) is 30.3 Å². The summed E-state index contributed by atoms with van der Waals surface area (Å²) in [4.78, 5) is 14.4. The van der Waals surface area contributed by atoms with Crippen LogP contribution >= 0.6 is 0 Å². The predicted molar refractivity (Wildman–Crippen MR) is 76.3 cm³/mol. The summed E-state index contributed by atoms with van der Waals surface area (Å²) in [5.41, 5.74) is 3.32. The number of hydrazine groups is 1. The molecule has 3 unspecified atom stereocenters. The highest BCUT2D eigenvalue weighted by Crippen LogP contribution is 2.25. The SMILES string of the molecule is CC1CN(CC(C(=O)NN)c2ccccc2)CC1C. The summed E-state index contributed by atoms with van der Waals surface area (Å²) >= 11 is 0. The molecule has 1 aliphatic rings. The Hall–Kier alpha value is -1.39. The lowest BCUT2D eigenvalue weighted by Crippen LogP contribution is -2.40. The second kappa shape index (κ2) is 6.17. The van der Waals surface area contributed by atoms with E-state index in [2.05, 4.69) is 24.2 Å². The second-order valence-corrected chi connectivity index (χ2v) is 5.64. The van der Waals surface area contributed by atoms with Crippen LogP contribution in [0.25, 0.3) is 0 Å². The zero-order chi connectivity index (χ0) is 13.8. The molecule has 0 spiro atoms. The summed E-state index contributed by atoms with van der Waals surface area (Å²) in [6, 6.07) is 9.86. The maximum atomic E-state index is 12.0. The Morgan fingerprint density at radius 1 is 1.32 bits per heavy atom. The van der Waals surface area contributed by atoms with E-state index in [0.717, 1.165) is 25.2 Å². The molecule has 3 atom stereocenters. The molecular weight excluding hydrogens is 238 g/mol. The van der Waals surface area contributed by atoms with Crippen molar-refractivity contribution in [2.24, 2.45) is 17.7 Å². The van der Waals surface area contributed by atoms with Crippen molar-refractivity contribution < 1.29 is 4.79 Å². The third-order valence-corrected chi connectivity index (χ3v) is 4.17. The van der Waals surface area contributed by atoms with Gasteiger partial charge in [-0.05, 0) is 17.4 Å². The number of likely N-dealkylation sites (tertiary alicyclic amines) is 1. The smallest absolute Gasteiger partial charge is 0.242 e. The van der Waals surface area contributed by atoms with E-state index in [0.29, 0.717) is 11.8 Å². The van der Waals surface area contributed by atoms with E-state index in [1.165, 1.54) is 0 Å². The number of nitrogens with two attached hydrogens (primary N) is 1. The third-order valence-electron chi connectivity index (χ3n) is 4.17. The molecule has 0 saturated carbocycles. The lowest BCUT2D eigenvalue weighted by molar-refractivity contribution is -0.123. The number of hydrogen-bond acceptors (Lipinski definition) is 3. The molecule has 0 aliphatic carbocycles. The average Bonchev–Trinajstić information content (AvgIpc) is 2.75. The van der Waals surface area contributed by atoms with Gasteiger partial charge in [0.25, 0.3) is 0 Å². The zero-order valence-electron chi connectivity index (χ0n) is 11.7. The van der Waals surface area contributed by atoms with E-state index in [9.17, 15) is 4.79 Å². The Labute approximate surface area is 114 Å². The van der Waals surface area contributed by atoms with Crippen LogP contribution in [0.1, 0.15) is 25.3 Å². The number of amides is 1. The number of carbonyl (C=O) groups is 1. The van der Waals surface area contributed by atoms with Gasteiger partial charge in [-0.15, -0.1) is 0 Å². The minimum absolute atomic E-state index is 0.113. The molecule has 1 aliphatic heterocycles. The van der Waals surface area contributed by atoms with E-state index in [1.54, 1.807) is 0 Å². The van der Waals surface area contributed by atoms with Crippen molar-refractivity contribution in [2.75, 3.05) is 19.6 Å². The van der Waals surface area contributed by atoms with Crippen LogP contribution in [-0.4, -0.2) is 30.4 Å². The highest BCUT2D eigenvalue weighted by Gasteiger charge is 2.30. The number of carbonyl (C=O) groups excluding carboxylic acids is 1. The molecule has 104 valence electrons. The largest absolute Gasteiger partial charge is 0.302 e. The van der Waals surface area contributed by atoms with Crippen molar-refractivity contribution in [3.05, 3.63) is 35.9 Å². The molecule has 0 radical (unpaired) electrons. The van der Waals surface area contributed by atoms with Crippen LogP contribution in [0.3, 0.4) is 0 Å². The molecule has 1 aromatic carbocycles. The van der Waals surface area contributed by atoms with Crippen LogP contribution in [0.2, 0.25) is 0 Å². The van der Waals surface area contributed by atoms with Gasteiger partial charge in [-0.25, -0.2) is 5.84 Å². The molecular formula is C15H23N3O. The minimum atomic E-state index is -0.191. The maximum Gasteiger partial charge on any atom is 0.242 e. The lowest BCUT2D eigenvalue weighted by Gasteiger charge is -2.22. The maximum absolute atomic E-state index is 12.0. The summed E-state index contributed by atoms with van der Waals surface area (Å²) < 4.78 is 0. The molecule has 1 aromatic rings. The first-order valence-corrected chi connectivity index (χ1v) is 6.89. The van der Waals surface area contributed by atoms with Crippen molar-refractivity contribution in [3.8, 4) is 0 Å². The average molecular weight is 261 g/mol. The fourth-order valence-corrected chi connectivity index (χ4v) is 2.78. The number of rotatable bonds is 4. The molecule has 4 heteroatoms. The minimum Gasteiger partial charge on any atom is -0.302 e. The van der Waals surface area contributed by atoms with Crippen LogP contribution in [0, 0.1) is 11.8 Å². The fourth-order valence-electron chi connectivity index (χ4n) is 2.78. The molecule has 1 saturated heterocycles. The number of benzene rings is 1. The molecule has 1 fully saturated rings.